The second-order valence-corrected chi connectivity index (χ2v) is 8.75. The zero-order chi connectivity index (χ0) is 18.9. The van der Waals surface area contributed by atoms with Crippen molar-refractivity contribution in [1.82, 2.24) is 0 Å². The van der Waals surface area contributed by atoms with Crippen LogP contribution in [0.2, 0.25) is 0 Å². The van der Waals surface area contributed by atoms with Crippen molar-refractivity contribution in [1.29, 1.82) is 0 Å². The summed E-state index contributed by atoms with van der Waals surface area (Å²) in [5, 5.41) is 12.7. The van der Waals surface area contributed by atoms with E-state index in [1.165, 1.54) is 0 Å². The Bertz CT molecular complexity index is 778. The van der Waals surface area contributed by atoms with E-state index < -0.39 is 13.9 Å². The molecule has 0 heterocycles. The minimum atomic E-state index is -0.880. The van der Waals surface area contributed by atoms with Gasteiger partial charge in [0.05, 0.1) is 5.56 Å². The van der Waals surface area contributed by atoms with Crippen LogP contribution in [0.3, 0.4) is 0 Å². The molecule has 0 aliphatic heterocycles. The summed E-state index contributed by atoms with van der Waals surface area (Å²) in [4.78, 5) is 11.6. The van der Waals surface area contributed by atoms with Gasteiger partial charge in [0.15, 0.2) is 0 Å². The zero-order valence-corrected chi connectivity index (χ0v) is 17.7. The summed E-state index contributed by atoms with van der Waals surface area (Å²) in [6.07, 6.45) is 0. The van der Waals surface area contributed by atoms with Gasteiger partial charge in [-0.05, 0) is 35.8 Å². The van der Waals surface area contributed by atoms with Crippen LogP contribution in [0.5, 0.6) is 0 Å². The molecule has 144 valence electrons. The van der Waals surface area contributed by atoms with Gasteiger partial charge in [-0.3, -0.25) is 0 Å². The Morgan fingerprint density at radius 3 is 1.52 bits per heavy atom. The molecule has 2 nitrogen and oxygen atoms in total. The van der Waals surface area contributed by atoms with Gasteiger partial charge in [-0.15, -0.1) is 0 Å². The quantitative estimate of drug-likeness (QED) is 0.484. The van der Waals surface area contributed by atoms with E-state index in [4.69, 9.17) is 0 Å². The molecule has 0 atom stereocenters. The van der Waals surface area contributed by atoms with Crippen molar-refractivity contribution < 1.29 is 26.4 Å². The molecular formula is C23H25NiO2P. The van der Waals surface area contributed by atoms with Crippen LogP contribution in [0.4, 0.5) is 0 Å². The van der Waals surface area contributed by atoms with Gasteiger partial charge in [-0.1, -0.05) is 99.6 Å². The standard InChI is InChI=1S/C19H15O2P.C4H10.Ni/c20-19(21)17-13-7-8-14-18(17)22(15-9-3-1-4-10-15)16-11-5-2-6-12-16;1-4(2)3;/h1-14H,(H,20,21);4H,1-3H3;. The predicted octanol–water partition coefficient (Wildman–Crippen LogP) is 4.80. The van der Waals surface area contributed by atoms with E-state index in [0.29, 0.717) is 5.56 Å². The van der Waals surface area contributed by atoms with Crippen LogP contribution in [-0.4, -0.2) is 11.1 Å². The molecule has 0 radical (unpaired) electrons. The van der Waals surface area contributed by atoms with Gasteiger partial charge in [-0.25, -0.2) is 4.79 Å². The molecule has 3 rings (SSSR count). The molecular weight excluding hydrogens is 398 g/mol. The number of hydrogen-bond donors (Lipinski definition) is 1. The van der Waals surface area contributed by atoms with Gasteiger partial charge in [0, 0.05) is 16.5 Å². The Labute approximate surface area is 173 Å². The first-order chi connectivity index (χ1) is 12.5. The second-order valence-electron chi connectivity index (χ2n) is 6.56. The van der Waals surface area contributed by atoms with Crippen molar-refractivity contribution in [3.63, 3.8) is 0 Å². The molecule has 27 heavy (non-hydrogen) atoms. The SMILES string of the molecule is CC(C)C.O=C(O)c1ccccc1P(c1ccccc1)c1ccccc1.[Ni]. The molecule has 4 heteroatoms. The van der Waals surface area contributed by atoms with Crippen LogP contribution >= 0.6 is 7.92 Å². The number of hydrogen-bond acceptors (Lipinski definition) is 1. The van der Waals surface area contributed by atoms with Crippen molar-refractivity contribution >= 4 is 29.8 Å². The monoisotopic (exact) mass is 422 g/mol. The summed E-state index contributed by atoms with van der Waals surface area (Å²) in [5.41, 5.74) is 0.376. The van der Waals surface area contributed by atoms with Crippen molar-refractivity contribution in [2.45, 2.75) is 20.8 Å². The molecule has 0 fully saturated rings. The topological polar surface area (TPSA) is 37.3 Å². The van der Waals surface area contributed by atoms with E-state index in [0.717, 1.165) is 21.8 Å². The predicted molar refractivity (Wildman–Crippen MR) is 113 cm³/mol. The van der Waals surface area contributed by atoms with Gasteiger partial charge >= 0.3 is 5.97 Å². The third-order valence-corrected chi connectivity index (χ3v) is 5.91. The zero-order valence-electron chi connectivity index (χ0n) is 15.8. The number of carboxylic acids is 1. The Morgan fingerprint density at radius 2 is 1.11 bits per heavy atom. The Morgan fingerprint density at radius 1 is 0.741 bits per heavy atom. The number of carboxylic acid groups (broad SMARTS) is 1. The molecule has 0 aliphatic rings. The van der Waals surface area contributed by atoms with E-state index in [1.807, 2.05) is 48.5 Å². The van der Waals surface area contributed by atoms with Crippen LogP contribution in [0, 0.1) is 5.92 Å². The number of carbonyl (C=O) groups is 1. The van der Waals surface area contributed by atoms with Gasteiger partial charge in [0.1, 0.15) is 0 Å². The Balaban J connectivity index is 0.000000666. The number of rotatable bonds is 4. The van der Waals surface area contributed by atoms with Crippen LogP contribution < -0.4 is 15.9 Å². The average Bonchev–Trinajstić information content (AvgIpc) is 2.64. The molecule has 1 N–H and O–H groups in total. The maximum absolute atomic E-state index is 11.6. The van der Waals surface area contributed by atoms with Crippen molar-refractivity contribution in [3.05, 3.63) is 90.5 Å². The summed E-state index contributed by atoms with van der Waals surface area (Å²) >= 11 is 0. The molecule has 0 amide bonds. The van der Waals surface area contributed by atoms with Gasteiger partial charge < -0.3 is 5.11 Å². The smallest absolute Gasteiger partial charge is 0.336 e. The van der Waals surface area contributed by atoms with E-state index >= 15 is 0 Å². The fraction of sp³-hybridized carbons (Fsp3) is 0.174. The van der Waals surface area contributed by atoms with E-state index in [-0.39, 0.29) is 16.5 Å². The summed E-state index contributed by atoms with van der Waals surface area (Å²) in [6.45, 7) is 6.50. The van der Waals surface area contributed by atoms with Crippen LogP contribution in [0.25, 0.3) is 0 Å². The second kappa shape index (κ2) is 11.7. The molecule has 3 aromatic carbocycles. The maximum Gasteiger partial charge on any atom is 0.336 e. The van der Waals surface area contributed by atoms with Gasteiger partial charge in [-0.2, -0.15) is 0 Å². The fourth-order valence-electron chi connectivity index (χ4n) is 2.43. The van der Waals surface area contributed by atoms with E-state index in [9.17, 15) is 9.90 Å². The van der Waals surface area contributed by atoms with Crippen molar-refractivity contribution in [2.24, 2.45) is 5.92 Å². The summed E-state index contributed by atoms with van der Waals surface area (Å²) < 4.78 is 0. The van der Waals surface area contributed by atoms with E-state index in [1.54, 1.807) is 12.1 Å². The van der Waals surface area contributed by atoms with Crippen molar-refractivity contribution in [3.8, 4) is 0 Å². The van der Waals surface area contributed by atoms with Crippen LogP contribution in [0.15, 0.2) is 84.9 Å². The first kappa shape index (κ1) is 23.1. The molecule has 0 unspecified atom stereocenters. The molecule has 0 aliphatic carbocycles. The fourth-order valence-corrected chi connectivity index (χ4v) is 4.87. The van der Waals surface area contributed by atoms with Crippen LogP contribution in [-0.2, 0) is 16.5 Å². The van der Waals surface area contributed by atoms with Crippen LogP contribution in [0.1, 0.15) is 31.1 Å². The minimum Gasteiger partial charge on any atom is -0.478 e. The molecule has 3 aromatic rings. The molecule has 0 saturated carbocycles. The molecule has 0 aromatic heterocycles. The first-order valence-corrected chi connectivity index (χ1v) is 10.1. The normalized spacial score (nSPS) is 9.96. The Hall–Kier alpha value is -1.95. The Kier molecular flexibility index (Phi) is 10.0. The maximum atomic E-state index is 11.6. The summed E-state index contributed by atoms with van der Waals surface area (Å²) in [5.74, 6) is -0.0463. The van der Waals surface area contributed by atoms with Crippen molar-refractivity contribution in [2.75, 3.05) is 0 Å². The first-order valence-electron chi connectivity index (χ1n) is 8.73. The third kappa shape index (κ3) is 6.94. The average molecular weight is 423 g/mol. The largest absolute Gasteiger partial charge is 0.478 e. The summed E-state index contributed by atoms with van der Waals surface area (Å²) in [6, 6.07) is 27.5. The molecule has 0 saturated heterocycles. The number of benzene rings is 3. The third-order valence-electron chi connectivity index (χ3n) is 3.40. The summed E-state index contributed by atoms with van der Waals surface area (Å²) in [7, 11) is -0.880. The molecule has 0 bridgehead atoms. The molecule has 0 spiro atoms. The van der Waals surface area contributed by atoms with E-state index in [2.05, 4.69) is 45.0 Å². The minimum absolute atomic E-state index is 0. The van der Waals surface area contributed by atoms with Gasteiger partial charge in [0.2, 0.25) is 0 Å². The van der Waals surface area contributed by atoms with Gasteiger partial charge in [0.25, 0.3) is 0 Å². The number of aromatic carboxylic acids is 1.